The van der Waals surface area contributed by atoms with E-state index in [0.717, 1.165) is 5.39 Å². The van der Waals surface area contributed by atoms with Gasteiger partial charge >= 0.3 is 0 Å². The number of benzene rings is 2. The number of halogens is 2. The first-order chi connectivity index (χ1) is 9.58. The molecule has 2 aromatic carbocycles. The number of aromatic nitrogens is 1. The number of hydrogen-bond acceptors (Lipinski definition) is 1. The van der Waals surface area contributed by atoms with Crippen LogP contribution < -0.4 is 0 Å². The second-order valence-electron chi connectivity index (χ2n) is 4.66. The lowest BCUT2D eigenvalue weighted by atomic mass is 10.0. The van der Waals surface area contributed by atoms with Gasteiger partial charge in [0, 0.05) is 22.7 Å². The van der Waals surface area contributed by atoms with Crippen LogP contribution in [-0.4, -0.2) is 10.8 Å². The molecular weight excluding hydrogens is 277 g/mol. The molecule has 1 aromatic heterocycles. The van der Waals surface area contributed by atoms with E-state index in [2.05, 4.69) is 4.98 Å². The van der Waals surface area contributed by atoms with Gasteiger partial charge in [-0.2, -0.15) is 0 Å². The maximum absolute atomic E-state index is 13.6. The molecule has 0 aliphatic rings. The number of aryl methyl sites for hydroxylation is 1. The highest BCUT2D eigenvalue weighted by Gasteiger charge is 2.16. The van der Waals surface area contributed by atoms with E-state index in [4.69, 9.17) is 11.6 Å². The second kappa shape index (κ2) is 4.76. The Labute approximate surface area is 120 Å². The Bertz CT molecular complexity index is 822. The second-order valence-corrected chi connectivity index (χ2v) is 5.07. The van der Waals surface area contributed by atoms with Crippen LogP contribution in [0.25, 0.3) is 10.9 Å². The largest absolute Gasteiger partial charge is 0.359 e. The van der Waals surface area contributed by atoms with Gasteiger partial charge in [0.05, 0.1) is 10.5 Å². The molecule has 0 atom stereocenters. The zero-order chi connectivity index (χ0) is 14.3. The van der Waals surface area contributed by atoms with Crippen LogP contribution in [0, 0.1) is 12.7 Å². The van der Waals surface area contributed by atoms with Crippen molar-refractivity contribution < 1.29 is 9.18 Å². The number of carbonyl (C=O) groups excluding carboxylic acids is 1. The predicted octanol–water partition coefficient (Wildman–Crippen LogP) is 4.50. The van der Waals surface area contributed by atoms with Crippen LogP contribution in [0.15, 0.2) is 42.6 Å². The van der Waals surface area contributed by atoms with Crippen LogP contribution in [0.2, 0.25) is 5.02 Å². The minimum atomic E-state index is -0.381. The Balaban J connectivity index is 2.13. The lowest BCUT2D eigenvalue weighted by Crippen LogP contribution is -2.01. The van der Waals surface area contributed by atoms with Crippen molar-refractivity contribution in [3.63, 3.8) is 0 Å². The van der Waals surface area contributed by atoms with Crippen LogP contribution in [0.1, 0.15) is 21.5 Å². The predicted molar refractivity (Wildman–Crippen MR) is 77.9 cm³/mol. The SMILES string of the molecule is Cc1ccc(C(=O)c2c[nH]c3c(Cl)cccc23)cc1F. The van der Waals surface area contributed by atoms with Crippen LogP contribution in [-0.2, 0) is 0 Å². The van der Waals surface area contributed by atoms with Crippen LogP contribution in [0.4, 0.5) is 4.39 Å². The minimum Gasteiger partial charge on any atom is -0.359 e. The summed E-state index contributed by atoms with van der Waals surface area (Å²) in [6.45, 7) is 1.66. The standard InChI is InChI=1S/C16H11ClFNO/c1-9-5-6-10(7-14(9)18)16(20)12-8-19-15-11(12)3-2-4-13(15)17/h2-8,19H,1H3. The third kappa shape index (κ3) is 2.00. The Kier molecular flexibility index (Phi) is 3.07. The molecule has 3 aromatic rings. The topological polar surface area (TPSA) is 32.9 Å². The summed E-state index contributed by atoms with van der Waals surface area (Å²) in [5.74, 6) is -0.605. The minimum absolute atomic E-state index is 0.225. The van der Waals surface area contributed by atoms with Crippen LogP contribution >= 0.6 is 11.6 Å². The molecule has 0 spiro atoms. The molecule has 0 aliphatic heterocycles. The number of fused-ring (bicyclic) bond motifs is 1. The van der Waals surface area contributed by atoms with Gasteiger partial charge in [-0.05, 0) is 24.6 Å². The van der Waals surface area contributed by atoms with Crippen LogP contribution in [0.5, 0.6) is 0 Å². The molecule has 3 rings (SSSR count). The zero-order valence-electron chi connectivity index (χ0n) is 10.7. The molecule has 1 N–H and O–H groups in total. The average Bonchev–Trinajstić information content (AvgIpc) is 2.86. The summed E-state index contributed by atoms with van der Waals surface area (Å²) < 4.78 is 13.6. The first kappa shape index (κ1) is 12.9. The van der Waals surface area contributed by atoms with Gasteiger partial charge in [0.25, 0.3) is 0 Å². The van der Waals surface area contributed by atoms with E-state index in [0.29, 0.717) is 27.2 Å². The quantitative estimate of drug-likeness (QED) is 0.692. The lowest BCUT2D eigenvalue weighted by molar-refractivity contribution is 0.104. The number of carbonyl (C=O) groups is 1. The third-order valence-electron chi connectivity index (χ3n) is 3.34. The van der Waals surface area contributed by atoms with Crippen molar-refractivity contribution in [1.82, 2.24) is 4.98 Å². The molecule has 0 bridgehead atoms. The number of H-pyrrole nitrogens is 1. The fourth-order valence-corrected chi connectivity index (χ4v) is 2.42. The molecular formula is C16H11ClFNO. The average molecular weight is 288 g/mol. The highest BCUT2D eigenvalue weighted by Crippen LogP contribution is 2.27. The summed E-state index contributed by atoms with van der Waals surface area (Å²) in [5.41, 5.74) is 2.05. The van der Waals surface area contributed by atoms with E-state index in [1.807, 2.05) is 6.07 Å². The smallest absolute Gasteiger partial charge is 0.195 e. The molecule has 4 heteroatoms. The molecule has 20 heavy (non-hydrogen) atoms. The molecule has 0 fully saturated rings. The van der Waals surface area contributed by atoms with Gasteiger partial charge in [-0.1, -0.05) is 35.9 Å². The molecule has 0 saturated carbocycles. The van der Waals surface area contributed by atoms with Crippen molar-refractivity contribution in [2.75, 3.05) is 0 Å². The lowest BCUT2D eigenvalue weighted by Gasteiger charge is -2.02. The van der Waals surface area contributed by atoms with Crippen molar-refractivity contribution >= 4 is 28.3 Å². The fraction of sp³-hybridized carbons (Fsp3) is 0.0625. The third-order valence-corrected chi connectivity index (χ3v) is 3.66. The van der Waals surface area contributed by atoms with Gasteiger partial charge in [-0.15, -0.1) is 0 Å². The van der Waals surface area contributed by atoms with Crippen molar-refractivity contribution in [1.29, 1.82) is 0 Å². The van der Waals surface area contributed by atoms with E-state index in [1.165, 1.54) is 6.07 Å². The van der Waals surface area contributed by atoms with E-state index >= 15 is 0 Å². The van der Waals surface area contributed by atoms with Gasteiger partial charge in [0.1, 0.15) is 5.82 Å². The van der Waals surface area contributed by atoms with E-state index in [9.17, 15) is 9.18 Å². The first-order valence-corrected chi connectivity index (χ1v) is 6.52. The first-order valence-electron chi connectivity index (χ1n) is 6.14. The molecule has 0 aliphatic carbocycles. The Morgan fingerprint density at radius 3 is 2.80 bits per heavy atom. The summed E-state index contributed by atoms with van der Waals surface area (Å²) in [7, 11) is 0. The molecule has 0 unspecified atom stereocenters. The van der Waals surface area contributed by atoms with Crippen molar-refractivity contribution in [2.45, 2.75) is 6.92 Å². The molecule has 2 nitrogen and oxygen atoms in total. The van der Waals surface area contributed by atoms with E-state index < -0.39 is 0 Å². The number of aromatic amines is 1. The normalized spacial score (nSPS) is 10.9. The zero-order valence-corrected chi connectivity index (χ0v) is 11.5. The monoisotopic (exact) mass is 287 g/mol. The van der Waals surface area contributed by atoms with Gasteiger partial charge in [-0.3, -0.25) is 4.79 Å². The van der Waals surface area contributed by atoms with Gasteiger partial charge < -0.3 is 4.98 Å². The highest BCUT2D eigenvalue weighted by molar-refractivity contribution is 6.35. The molecule has 100 valence electrons. The summed E-state index contributed by atoms with van der Waals surface area (Å²) in [4.78, 5) is 15.5. The summed E-state index contributed by atoms with van der Waals surface area (Å²) in [6.07, 6.45) is 1.61. The number of rotatable bonds is 2. The number of hydrogen-bond donors (Lipinski definition) is 1. The van der Waals surface area contributed by atoms with Gasteiger partial charge in [0.15, 0.2) is 5.78 Å². The van der Waals surface area contributed by atoms with E-state index in [-0.39, 0.29) is 11.6 Å². The highest BCUT2D eigenvalue weighted by atomic mass is 35.5. The molecule has 1 heterocycles. The van der Waals surface area contributed by atoms with Gasteiger partial charge in [-0.25, -0.2) is 4.39 Å². The van der Waals surface area contributed by atoms with Crippen molar-refractivity contribution in [3.05, 3.63) is 70.1 Å². The van der Waals surface area contributed by atoms with Crippen molar-refractivity contribution in [3.8, 4) is 0 Å². The summed E-state index contributed by atoms with van der Waals surface area (Å²) in [5, 5.41) is 1.29. The Hall–Kier alpha value is -2.13. The maximum atomic E-state index is 13.6. The maximum Gasteiger partial charge on any atom is 0.195 e. The fourth-order valence-electron chi connectivity index (χ4n) is 2.19. The Morgan fingerprint density at radius 1 is 1.25 bits per heavy atom. The number of ketones is 1. The number of nitrogens with one attached hydrogen (secondary N) is 1. The summed E-state index contributed by atoms with van der Waals surface area (Å²) >= 11 is 6.06. The Morgan fingerprint density at radius 2 is 2.05 bits per heavy atom. The molecule has 0 radical (unpaired) electrons. The van der Waals surface area contributed by atoms with Crippen LogP contribution in [0.3, 0.4) is 0 Å². The summed E-state index contributed by atoms with van der Waals surface area (Å²) in [6, 6.07) is 9.84. The number of para-hydroxylation sites is 1. The van der Waals surface area contributed by atoms with Gasteiger partial charge in [0.2, 0.25) is 0 Å². The molecule has 0 amide bonds. The van der Waals surface area contributed by atoms with E-state index in [1.54, 1.807) is 37.4 Å². The molecule has 0 saturated heterocycles. The van der Waals surface area contributed by atoms with Crippen molar-refractivity contribution in [2.24, 2.45) is 0 Å².